The lowest BCUT2D eigenvalue weighted by Gasteiger charge is -2.15. The lowest BCUT2D eigenvalue weighted by atomic mass is 9.99. The first-order chi connectivity index (χ1) is 7.65. The normalized spacial score (nSPS) is 16.2. The number of phenols is 1. The van der Waals surface area contributed by atoms with Gasteiger partial charge in [0.1, 0.15) is 5.75 Å². The van der Waals surface area contributed by atoms with Crippen LogP contribution in [0.15, 0.2) is 6.07 Å². The minimum atomic E-state index is -0.728. The van der Waals surface area contributed by atoms with Crippen molar-refractivity contribution in [3.05, 3.63) is 27.8 Å². The van der Waals surface area contributed by atoms with E-state index in [4.69, 9.17) is 17.3 Å². The van der Waals surface area contributed by atoms with E-state index in [0.29, 0.717) is 23.6 Å². The standard InChI is InChI=1S/C12H16ClNO2/c13-11-8-3-1-2-7(8)6-9(12(11)16)10(15)4-5-14/h6,10,15-16H,1-5,14H2. The van der Waals surface area contributed by atoms with Crippen LogP contribution in [-0.4, -0.2) is 16.8 Å². The van der Waals surface area contributed by atoms with Crippen LogP contribution >= 0.6 is 11.6 Å². The number of halogens is 1. The third-order valence-electron chi connectivity index (χ3n) is 3.14. The second kappa shape index (κ2) is 4.62. The van der Waals surface area contributed by atoms with Crippen LogP contribution in [0.3, 0.4) is 0 Å². The van der Waals surface area contributed by atoms with Crippen molar-refractivity contribution in [2.24, 2.45) is 5.73 Å². The van der Waals surface area contributed by atoms with Crippen LogP contribution < -0.4 is 5.73 Å². The average Bonchev–Trinajstić information content (AvgIpc) is 2.71. The SMILES string of the molecule is NCCC(O)c1cc2c(c(Cl)c1O)CCC2. The Bertz CT molecular complexity index is 406. The largest absolute Gasteiger partial charge is 0.506 e. The monoisotopic (exact) mass is 241 g/mol. The maximum Gasteiger partial charge on any atom is 0.140 e. The maximum absolute atomic E-state index is 9.93. The smallest absolute Gasteiger partial charge is 0.140 e. The first-order valence-electron chi connectivity index (χ1n) is 5.56. The van der Waals surface area contributed by atoms with Crippen molar-refractivity contribution in [3.8, 4) is 5.75 Å². The Morgan fingerprint density at radius 3 is 2.88 bits per heavy atom. The molecule has 2 rings (SSSR count). The second-order valence-electron chi connectivity index (χ2n) is 4.21. The highest BCUT2D eigenvalue weighted by Gasteiger charge is 2.22. The van der Waals surface area contributed by atoms with Crippen LogP contribution in [0.2, 0.25) is 5.02 Å². The van der Waals surface area contributed by atoms with Gasteiger partial charge in [-0.1, -0.05) is 11.6 Å². The van der Waals surface area contributed by atoms with E-state index in [0.717, 1.165) is 30.4 Å². The van der Waals surface area contributed by atoms with Gasteiger partial charge < -0.3 is 15.9 Å². The summed E-state index contributed by atoms with van der Waals surface area (Å²) in [5.74, 6) is 0.0169. The molecule has 88 valence electrons. The van der Waals surface area contributed by atoms with E-state index in [1.165, 1.54) is 0 Å². The van der Waals surface area contributed by atoms with Crippen LogP contribution in [-0.2, 0) is 12.8 Å². The van der Waals surface area contributed by atoms with Crippen LogP contribution in [0.1, 0.15) is 35.6 Å². The Labute approximate surface area is 99.8 Å². The quantitative estimate of drug-likeness (QED) is 0.758. The summed E-state index contributed by atoms with van der Waals surface area (Å²) in [6.45, 7) is 0.384. The predicted molar refractivity (Wildman–Crippen MR) is 63.8 cm³/mol. The van der Waals surface area contributed by atoms with Crippen molar-refractivity contribution in [2.75, 3.05) is 6.54 Å². The van der Waals surface area contributed by atoms with E-state index >= 15 is 0 Å². The molecule has 0 saturated heterocycles. The van der Waals surface area contributed by atoms with Crippen LogP contribution in [0.5, 0.6) is 5.75 Å². The maximum atomic E-state index is 9.93. The van der Waals surface area contributed by atoms with Gasteiger partial charge in [0, 0.05) is 5.56 Å². The first-order valence-corrected chi connectivity index (χ1v) is 5.94. The molecule has 0 amide bonds. The third-order valence-corrected chi connectivity index (χ3v) is 3.54. The molecule has 0 saturated carbocycles. The second-order valence-corrected chi connectivity index (χ2v) is 4.59. The number of benzene rings is 1. The molecule has 1 aromatic rings. The Balaban J connectivity index is 2.43. The van der Waals surface area contributed by atoms with Crippen molar-refractivity contribution in [1.29, 1.82) is 0 Å². The van der Waals surface area contributed by atoms with Crippen LogP contribution in [0.25, 0.3) is 0 Å². The lowest BCUT2D eigenvalue weighted by Crippen LogP contribution is -2.07. The fourth-order valence-corrected chi connectivity index (χ4v) is 2.60. The predicted octanol–water partition coefficient (Wildman–Crippen LogP) is 1.92. The summed E-state index contributed by atoms with van der Waals surface area (Å²) < 4.78 is 0. The number of aliphatic hydroxyl groups is 1. The number of rotatable bonds is 3. The number of aryl methyl sites for hydroxylation is 1. The highest BCUT2D eigenvalue weighted by Crippen LogP contribution is 2.40. The summed E-state index contributed by atoms with van der Waals surface area (Å²) in [6, 6.07) is 1.86. The van der Waals surface area contributed by atoms with Crippen LogP contribution in [0.4, 0.5) is 0 Å². The van der Waals surface area contributed by atoms with Crippen molar-refractivity contribution in [3.63, 3.8) is 0 Å². The summed E-state index contributed by atoms with van der Waals surface area (Å²) in [5.41, 5.74) is 8.08. The zero-order chi connectivity index (χ0) is 11.7. The molecule has 3 nitrogen and oxygen atoms in total. The molecule has 0 fully saturated rings. The molecule has 0 spiro atoms. The number of hydrogen-bond acceptors (Lipinski definition) is 3. The number of hydrogen-bond donors (Lipinski definition) is 3. The highest BCUT2D eigenvalue weighted by atomic mass is 35.5. The van der Waals surface area contributed by atoms with Crippen molar-refractivity contribution in [1.82, 2.24) is 0 Å². The summed E-state index contributed by atoms with van der Waals surface area (Å²) in [5, 5.41) is 20.2. The van der Waals surface area contributed by atoms with E-state index in [1.54, 1.807) is 0 Å². The molecule has 0 bridgehead atoms. The molecule has 1 aliphatic rings. The summed E-state index contributed by atoms with van der Waals surface area (Å²) in [7, 11) is 0. The van der Waals surface area contributed by atoms with Gasteiger partial charge in [-0.3, -0.25) is 0 Å². The van der Waals surface area contributed by atoms with Crippen LogP contribution in [0, 0.1) is 0 Å². The fourth-order valence-electron chi connectivity index (χ4n) is 2.27. The van der Waals surface area contributed by atoms with Gasteiger partial charge in [-0.2, -0.15) is 0 Å². The van der Waals surface area contributed by atoms with E-state index in [9.17, 15) is 10.2 Å². The van der Waals surface area contributed by atoms with E-state index in [2.05, 4.69) is 0 Å². The number of aliphatic hydroxyl groups excluding tert-OH is 1. The molecule has 0 heterocycles. The molecule has 1 aromatic carbocycles. The van der Waals surface area contributed by atoms with Gasteiger partial charge >= 0.3 is 0 Å². The summed E-state index contributed by atoms with van der Waals surface area (Å²) in [4.78, 5) is 0. The van der Waals surface area contributed by atoms with E-state index in [1.807, 2.05) is 6.07 Å². The molecule has 0 radical (unpaired) electrons. The minimum Gasteiger partial charge on any atom is -0.506 e. The molecular weight excluding hydrogens is 226 g/mol. The third kappa shape index (κ3) is 1.90. The van der Waals surface area contributed by atoms with Crippen molar-refractivity contribution < 1.29 is 10.2 Å². The zero-order valence-electron chi connectivity index (χ0n) is 9.04. The molecular formula is C12H16ClNO2. The zero-order valence-corrected chi connectivity index (χ0v) is 9.80. The molecule has 0 aliphatic heterocycles. The highest BCUT2D eigenvalue weighted by molar-refractivity contribution is 6.33. The van der Waals surface area contributed by atoms with E-state index in [-0.39, 0.29) is 5.75 Å². The number of phenolic OH excluding ortho intramolecular Hbond substituents is 1. The molecule has 0 aromatic heterocycles. The summed E-state index contributed by atoms with van der Waals surface area (Å²) >= 11 is 6.10. The Morgan fingerprint density at radius 2 is 2.19 bits per heavy atom. The Morgan fingerprint density at radius 1 is 1.44 bits per heavy atom. The number of aromatic hydroxyl groups is 1. The van der Waals surface area contributed by atoms with Gasteiger partial charge in [0.25, 0.3) is 0 Å². The van der Waals surface area contributed by atoms with Gasteiger partial charge in [0.05, 0.1) is 11.1 Å². The van der Waals surface area contributed by atoms with E-state index < -0.39 is 6.10 Å². The molecule has 4 N–H and O–H groups in total. The molecule has 1 aliphatic carbocycles. The van der Waals surface area contributed by atoms with Gasteiger partial charge in [-0.25, -0.2) is 0 Å². The minimum absolute atomic E-state index is 0.0169. The Kier molecular flexibility index (Phi) is 3.38. The van der Waals surface area contributed by atoms with Crippen molar-refractivity contribution >= 4 is 11.6 Å². The molecule has 1 atom stereocenters. The lowest BCUT2D eigenvalue weighted by molar-refractivity contribution is 0.166. The van der Waals surface area contributed by atoms with Crippen molar-refractivity contribution in [2.45, 2.75) is 31.8 Å². The molecule has 1 unspecified atom stereocenters. The first kappa shape index (κ1) is 11.7. The topological polar surface area (TPSA) is 66.5 Å². The molecule has 4 heteroatoms. The van der Waals surface area contributed by atoms with Gasteiger partial charge in [-0.05, 0) is 49.4 Å². The Hall–Kier alpha value is -0.770. The number of fused-ring (bicyclic) bond motifs is 1. The van der Waals surface area contributed by atoms with Gasteiger partial charge in [-0.15, -0.1) is 0 Å². The summed E-state index contributed by atoms with van der Waals surface area (Å²) in [6.07, 6.45) is 2.65. The van der Waals surface area contributed by atoms with Gasteiger partial charge in [0.2, 0.25) is 0 Å². The fraction of sp³-hybridized carbons (Fsp3) is 0.500. The molecule has 16 heavy (non-hydrogen) atoms. The average molecular weight is 242 g/mol. The van der Waals surface area contributed by atoms with Gasteiger partial charge in [0.15, 0.2) is 0 Å². The number of nitrogens with two attached hydrogens (primary N) is 1.